The standard InChI is InChI=1S/C23H27N3O3/c1-16-18(14-22(29)25-13-11-24-21(28)15-25)23-19(8-5-9-20(23)27)26(16)12-10-17-6-3-2-4-7-17/h2-4,6-7H,5,8-15H2,1H3,(H,24,28). The van der Waals surface area contributed by atoms with Gasteiger partial charge in [0.05, 0.1) is 13.0 Å². The number of fused-ring (bicyclic) bond motifs is 1. The number of piperazine rings is 1. The largest absolute Gasteiger partial charge is 0.353 e. The zero-order valence-electron chi connectivity index (χ0n) is 16.9. The summed E-state index contributed by atoms with van der Waals surface area (Å²) in [5.74, 6) is -0.0591. The third-order valence-electron chi connectivity index (χ3n) is 6.04. The molecule has 152 valence electrons. The molecule has 0 saturated carbocycles. The van der Waals surface area contributed by atoms with Crippen molar-refractivity contribution in [1.82, 2.24) is 14.8 Å². The second-order valence-electron chi connectivity index (χ2n) is 7.89. The second-order valence-corrected chi connectivity index (χ2v) is 7.89. The van der Waals surface area contributed by atoms with Gasteiger partial charge in [-0.15, -0.1) is 0 Å². The molecular formula is C23H27N3O3. The van der Waals surface area contributed by atoms with Crippen molar-refractivity contribution in [1.29, 1.82) is 0 Å². The molecule has 29 heavy (non-hydrogen) atoms. The molecule has 0 atom stereocenters. The number of amides is 2. The number of carbonyl (C=O) groups excluding carboxylic acids is 3. The zero-order valence-corrected chi connectivity index (χ0v) is 16.9. The Morgan fingerprint density at radius 2 is 1.93 bits per heavy atom. The lowest BCUT2D eigenvalue weighted by Gasteiger charge is -2.27. The minimum atomic E-state index is -0.125. The van der Waals surface area contributed by atoms with Gasteiger partial charge in [-0.25, -0.2) is 0 Å². The monoisotopic (exact) mass is 393 g/mol. The van der Waals surface area contributed by atoms with Crippen molar-refractivity contribution in [3.05, 3.63) is 58.4 Å². The van der Waals surface area contributed by atoms with E-state index >= 15 is 0 Å². The molecule has 0 spiro atoms. The first-order chi connectivity index (χ1) is 14.0. The molecule has 0 unspecified atom stereocenters. The molecule has 0 radical (unpaired) electrons. The normalized spacial score (nSPS) is 16.5. The highest BCUT2D eigenvalue weighted by Gasteiger charge is 2.30. The average Bonchev–Trinajstić information content (AvgIpc) is 2.99. The van der Waals surface area contributed by atoms with Gasteiger partial charge in [-0.05, 0) is 37.3 Å². The van der Waals surface area contributed by atoms with Gasteiger partial charge in [0.2, 0.25) is 11.8 Å². The van der Waals surface area contributed by atoms with E-state index in [9.17, 15) is 14.4 Å². The maximum atomic E-state index is 12.9. The second kappa shape index (κ2) is 8.23. The molecule has 1 saturated heterocycles. The summed E-state index contributed by atoms with van der Waals surface area (Å²) in [4.78, 5) is 38.9. The third kappa shape index (κ3) is 3.97. The first-order valence-electron chi connectivity index (χ1n) is 10.4. The topological polar surface area (TPSA) is 71.4 Å². The van der Waals surface area contributed by atoms with Crippen molar-refractivity contribution < 1.29 is 14.4 Å². The minimum Gasteiger partial charge on any atom is -0.353 e. The number of rotatable bonds is 5. The van der Waals surface area contributed by atoms with Crippen molar-refractivity contribution in [2.24, 2.45) is 0 Å². The van der Waals surface area contributed by atoms with Crippen molar-refractivity contribution in [2.45, 2.75) is 45.6 Å². The molecule has 1 aromatic carbocycles. The maximum Gasteiger partial charge on any atom is 0.239 e. The van der Waals surface area contributed by atoms with Gasteiger partial charge < -0.3 is 14.8 Å². The molecular weight excluding hydrogens is 366 g/mol. The van der Waals surface area contributed by atoms with E-state index in [-0.39, 0.29) is 30.6 Å². The van der Waals surface area contributed by atoms with Gasteiger partial charge in [0.15, 0.2) is 5.78 Å². The third-order valence-corrected chi connectivity index (χ3v) is 6.04. The van der Waals surface area contributed by atoms with Crippen LogP contribution in [0.5, 0.6) is 0 Å². The van der Waals surface area contributed by atoms with Gasteiger partial charge in [0.1, 0.15) is 0 Å². The summed E-state index contributed by atoms with van der Waals surface area (Å²) >= 11 is 0. The molecule has 1 fully saturated rings. The number of aromatic nitrogens is 1. The molecule has 1 aliphatic carbocycles. The van der Waals surface area contributed by atoms with Crippen LogP contribution in [-0.2, 0) is 35.4 Å². The van der Waals surface area contributed by atoms with Gasteiger partial charge in [-0.3, -0.25) is 14.4 Å². The van der Waals surface area contributed by atoms with E-state index in [1.165, 1.54) is 5.56 Å². The van der Waals surface area contributed by atoms with Crippen LogP contribution in [0, 0.1) is 6.92 Å². The lowest BCUT2D eigenvalue weighted by molar-refractivity contribution is -0.137. The Morgan fingerprint density at radius 1 is 1.14 bits per heavy atom. The molecule has 6 nitrogen and oxygen atoms in total. The predicted octanol–water partition coefficient (Wildman–Crippen LogP) is 2.06. The van der Waals surface area contributed by atoms with Gasteiger partial charge in [-0.1, -0.05) is 30.3 Å². The smallest absolute Gasteiger partial charge is 0.239 e. The molecule has 6 heteroatoms. The van der Waals surface area contributed by atoms with Crippen LogP contribution in [0.3, 0.4) is 0 Å². The summed E-state index contributed by atoms with van der Waals surface area (Å²) in [5.41, 5.74) is 4.96. The summed E-state index contributed by atoms with van der Waals surface area (Å²) in [6.07, 6.45) is 3.35. The molecule has 2 amide bonds. The van der Waals surface area contributed by atoms with Crippen LogP contribution in [0.4, 0.5) is 0 Å². The number of carbonyl (C=O) groups is 3. The summed E-state index contributed by atoms with van der Waals surface area (Å²) in [7, 11) is 0. The highest BCUT2D eigenvalue weighted by molar-refractivity contribution is 6.01. The number of benzene rings is 1. The van der Waals surface area contributed by atoms with Crippen molar-refractivity contribution in [2.75, 3.05) is 19.6 Å². The molecule has 2 aliphatic rings. The van der Waals surface area contributed by atoms with Crippen molar-refractivity contribution >= 4 is 17.6 Å². The van der Waals surface area contributed by atoms with Gasteiger partial charge in [-0.2, -0.15) is 0 Å². The maximum absolute atomic E-state index is 12.9. The van der Waals surface area contributed by atoms with Crippen LogP contribution in [0.15, 0.2) is 30.3 Å². The van der Waals surface area contributed by atoms with Crippen LogP contribution in [0.25, 0.3) is 0 Å². The predicted molar refractivity (Wildman–Crippen MR) is 110 cm³/mol. The van der Waals surface area contributed by atoms with E-state index in [2.05, 4.69) is 22.0 Å². The molecule has 2 aromatic rings. The fourth-order valence-corrected chi connectivity index (χ4v) is 4.51. The highest BCUT2D eigenvalue weighted by Crippen LogP contribution is 2.31. The average molecular weight is 393 g/mol. The van der Waals surface area contributed by atoms with Crippen molar-refractivity contribution in [3.63, 3.8) is 0 Å². The zero-order chi connectivity index (χ0) is 20.4. The lowest BCUT2D eigenvalue weighted by atomic mass is 9.92. The Kier molecular flexibility index (Phi) is 5.51. The minimum absolute atomic E-state index is 0.0793. The molecule has 1 aliphatic heterocycles. The molecule has 1 aromatic heterocycles. The number of Topliss-reactive ketones (excluding diaryl/α,β-unsaturated/α-hetero) is 1. The highest BCUT2D eigenvalue weighted by atomic mass is 16.2. The van der Waals surface area contributed by atoms with Gasteiger partial charge in [0, 0.05) is 43.0 Å². The Labute approximate surface area is 170 Å². The summed E-state index contributed by atoms with van der Waals surface area (Å²) in [6.45, 7) is 3.92. The number of ketones is 1. The number of nitrogens with zero attached hydrogens (tertiary/aromatic N) is 2. The van der Waals surface area contributed by atoms with Crippen molar-refractivity contribution in [3.8, 4) is 0 Å². The Bertz CT molecular complexity index is 946. The van der Waals surface area contributed by atoms with E-state index in [4.69, 9.17) is 0 Å². The van der Waals surface area contributed by atoms with Crippen LogP contribution in [0.1, 0.15) is 45.7 Å². The first kappa shape index (κ1) is 19.4. The van der Waals surface area contributed by atoms with E-state index in [0.29, 0.717) is 19.5 Å². The van der Waals surface area contributed by atoms with Crippen LogP contribution >= 0.6 is 0 Å². The molecule has 2 heterocycles. The molecule has 4 rings (SSSR count). The Hall–Kier alpha value is -2.89. The lowest BCUT2D eigenvalue weighted by Crippen LogP contribution is -2.50. The summed E-state index contributed by atoms with van der Waals surface area (Å²) in [6, 6.07) is 10.3. The fourth-order valence-electron chi connectivity index (χ4n) is 4.51. The van der Waals surface area contributed by atoms with Crippen LogP contribution in [-0.4, -0.2) is 46.7 Å². The SMILES string of the molecule is Cc1c(CC(=O)N2CCNC(=O)C2)c2c(n1CCc1ccccc1)CCCC2=O. The van der Waals surface area contributed by atoms with E-state index in [0.717, 1.165) is 48.3 Å². The number of hydrogen-bond donors (Lipinski definition) is 1. The Morgan fingerprint density at radius 3 is 2.69 bits per heavy atom. The first-order valence-corrected chi connectivity index (χ1v) is 10.4. The fraction of sp³-hybridized carbons (Fsp3) is 0.435. The van der Waals surface area contributed by atoms with E-state index in [1.807, 2.05) is 25.1 Å². The van der Waals surface area contributed by atoms with Gasteiger partial charge in [0.25, 0.3) is 0 Å². The van der Waals surface area contributed by atoms with E-state index < -0.39 is 0 Å². The Balaban J connectivity index is 1.61. The number of hydrogen-bond acceptors (Lipinski definition) is 3. The quantitative estimate of drug-likeness (QED) is 0.845. The van der Waals surface area contributed by atoms with E-state index in [1.54, 1.807) is 4.90 Å². The van der Waals surface area contributed by atoms with Crippen LogP contribution in [0.2, 0.25) is 0 Å². The summed E-state index contributed by atoms with van der Waals surface area (Å²) in [5, 5.41) is 2.74. The molecule has 0 bridgehead atoms. The van der Waals surface area contributed by atoms with Gasteiger partial charge >= 0.3 is 0 Å². The number of nitrogens with one attached hydrogen (secondary N) is 1. The van der Waals surface area contributed by atoms with Crippen LogP contribution < -0.4 is 5.32 Å². The number of aryl methyl sites for hydroxylation is 1. The molecule has 1 N–H and O–H groups in total. The summed E-state index contributed by atoms with van der Waals surface area (Å²) < 4.78 is 2.24.